The number of carbonyl (C=O) groups is 3. The summed E-state index contributed by atoms with van der Waals surface area (Å²) in [5.41, 5.74) is -0.0606. The van der Waals surface area contributed by atoms with Gasteiger partial charge in [-0.2, -0.15) is 0 Å². The number of aliphatic hydroxyl groups excluding tert-OH is 1. The summed E-state index contributed by atoms with van der Waals surface area (Å²) >= 11 is 1.44. The van der Waals surface area contributed by atoms with Crippen molar-refractivity contribution in [3.63, 3.8) is 0 Å². The SMILES string of the molecule is C[C@@H](O)[C@H]1C(=O)N2C(C(=O)[O-])=C(S[C@@H]3CN[C@H](C(=O)N4CC[C@H]([N+](C)(C)C)C4)C3)[C@H](C)[C@H]12. The second-order valence-corrected chi connectivity index (χ2v) is 11.9. The van der Waals surface area contributed by atoms with Gasteiger partial charge in [-0.3, -0.25) is 9.59 Å². The first-order chi connectivity index (χ1) is 14.9. The summed E-state index contributed by atoms with van der Waals surface area (Å²) in [4.78, 5) is 41.3. The van der Waals surface area contributed by atoms with Crippen LogP contribution in [0.2, 0.25) is 0 Å². The van der Waals surface area contributed by atoms with Crippen molar-refractivity contribution < 1.29 is 29.1 Å². The molecule has 4 aliphatic heterocycles. The number of rotatable bonds is 6. The molecule has 32 heavy (non-hydrogen) atoms. The third-order valence-electron chi connectivity index (χ3n) is 7.55. The van der Waals surface area contributed by atoms with Gasteiger partial charge in [0.1, 0.15) is 6.04 Å². The highest BCUT2D eigenvalue weighted by atomic mass is 32.2. The van der Waals surface area contributed by atoms with Gasteiger partial charge in [0.2, 0.25) is 11.8 Å². The van der Waals surface area contributed by atoms with Crippen molar-refractivity contribution in [1.82, 2.24) is 15.1 Å². The van der Waals surface area contributed by atoms with Gasteiger partial charge in [-0.05, 0) is 13.3 Å². The number of carbonyl (C=O) groups excluding carboxylic acids is 3. The molecule has 178 valence electrons. The van der Waals surface area contributed by atoms with Crippen molar-refractivity contribution in [3.8, 4) is 0 Å². The van der Waals surface area contributed by atoms with E-state index in [0.29, 0.717) is 23.9 Å². The van der Waals surface area contributed by atoms with Crippen LogP contribution < -0.4 is 10.4 Å². The molecule has 0 aromatic carbocycles. The van der Waals surface area contributed by atoms with E-state index >= 15 is 0 Å². The number of β-lactam (4-membered cyclic amide) rings is 1. The minimum absolute atomic E-state index is 0.0337. The molecule has 0 bridgehead atoms. The van der Waals surface area contributed by atoms with Crippen LogP contribution in [0.5, 0.6) is 0 Å². The van der Waals surface area contributed by atoms with E-state index < -0.39 is 18.0 Å². The van der Waals surface area contributed by atoms with E-state index in [1.54, 1.807) is 6.92 Å². The summed E-state index contributed by atoms with van der Waals surface area (Å²) < 4.78 is 0.836. The molecule has 0 aliphatic carbocycles. The van der Waals surface area contributed by atoms with E-state index in [4.69, 9.17) is 0 Å². The Morgan fingerprint density at radius 2 is 2.00 bits per heavy atom. The Morgan fingerprint density at radius 1 is 1.31 bits per heavy atom. The Balaban J connectivity index is 1.42. The standard InChI is InChI=1S/C22H34N4O5S/c1-11-17-16(12(2)27)21(29)25(17)18(22(30)31)19(11)32-14-8-15(23-9-14)20(28)24-7-6-13(10-24)26(3,4)5/h11-17,23,27H,6-10H2,1-5H3/t11-,12-,13+,14+,15+,16-,17-/m1/s1. The van der Waals surface area contributed by atoms with Gasteiger partial charge in [0.25, 0.3) is 0 Å². The average molecular weight is 467 g/mol. The van der Waals surface area contributed by atoms with Gasteiger partial charge >= 0.3 is 0 Å². The number of nitrogens with one attached hydrogen (secondary N) is 1. The Kier molecular flexibility index (Phi) is 6.11. The highest BCUT2D eigenvalue weighted by molar-refractivity contribution is 8.03. The zero-order valence-electron chi connectivity index (χ0n) is 19.4. The Hall–Kier alpha value is -1.62. The number of amides is 2. The highest BCUT2D eigenvalue weighted by Gasteiger charge is 2.59. The van der Waals surface area contributed by atoms with Crippen LogP contribution in [0, 0.1) is 11.8 Å². The van der Waals surface area contributed by atoms with Gasteiger partial charge in [0.05, 0.1) is 63.5 Å². The third-order valence-corrected chi connectivity index (χ3v) is 9.07. The molecule has 0 unspecified atom stereocenters. The van der Waals surface area contributed by atoms with Crippen molar-refractivity contribution in [1.29, 1.82) is 0 Å². The van der Waals surface area contributed by atoms with Crippen LogP contribution in [-0.4, -0.2) is 107 Å². The fraction of sp³-hybridized carbons (Fsp3) is 0.773. The fourth-order valence-corrected chi connectivity index (χ4v) is 7.10. The van der Waals surface area contributed by atoms with Gasteiger partial charge in [0.15, 0.2) is 0 Å². The predicted octanol–water partition coefficient (Wildman–Crippen LogP) is -1.42. The lowest BCUT2D eigenvalue weighted by atomic mass is 9.79. The number of hydrogen-bond acceptors (Lipinski definition) is 7. The number of likely N-dealkylation sites (tertiary alicyclic amines) is 1. The molecule has 4 rings (SSSR count). The quantitative estimate of drug-likeness (QED) is 0.365. The van der Waals surface area contributed by atoms with Gasteiger partial charge in [-0.1, -0.05) is 6.92 Å². The lowest BCUT2D eigenvalue weighted by Gasteiger charge is -2.47. The van der Waals surface area contributed by atoms with E-state index in [1.165, 1.54) is 16.7 Å². The van der Waals surface area contributed by atoms with Crippen molar-refractivity contribution >= 4 is 29.5 Å². The maximum absolute atomic E-state index is 13.1. The van der Waals surface area contributed by atoms with E-state index in [9.17, 15) is 24.6 Å². The molecule has 0 aromatic heterocycles. The van der Waals surface area contributed by atoms with Gasteiger partial charge in [-0.25, -0.2) is 0 Å². The van der Waals surface area contributed by atoms with E-state index in [2.05, 4.69) is 26.5 Å². The van der Waals surface area contributed by atoms with Crippen LogP contribution in [0.25, 0.3) is 0 Å². The van der Waals surface area contributed by atoms with Crippen LogP contribution in [-0.2, 0) is 14.4 Å². The number of carboxylic acid groups (broad SMARTS) is 1. The molecule has 3 fully saturated rings. The third kappa shape index (κ3) is 3.85. The smallest absolute Gasteiger partial charge is 0.239 e. The first-order valence-electron chi connectivity index (χ1n) is 11.4. The number of carboxylic acids is 1. The van der Waals surface area contributed by atoms with Crippen molar-refractivity contribution in [2.24, 2.45) is 11.8 Å². The van der Waals surface area contributed by atoms with E-state index in [-0.39, 0.29) is 40.8 Å². The second-order valence-electron chi connectivity index (χ2n) is 10.5. The average Bonchev–Trinajstić information content (AvgIpc) is 3.40. The molecule has 0 spiro atoms. The monoisotopic (exact) mass is 466 g/mol. The molecule has 4 heterocycles. The highest BCUT2D eigenvalue weighted by Crippen LogP contribution is 2.51. The molecular formula is C22H34N4O5S. The second kappa shape index (κ2) is 8.30. The number of likely N-dealkylation sites (N-methyl/N-ethyl adjacent to an activating group) is 1. The summed E-state index contributed by atoms with van der Waals surface area (Å²) in [6.45, 7) is 5.59. The van der Waals surface area contributed by atoms with E-state index in [0.717, 1.165) is 24.0 Å². The van der Waals surface area contributed by atoms with Crippen LogP contribution in [0.4, 0.5) is 0 Å². The number of nitrogens with zero attached hydrogens (tertiary/aromatic N) is 3. The molecule has 0 aromatic rings. The fourth-order valence-electron chi connectivity index (χ4n) is 5.62. The maximum atomic E-state index is 13.1. The topological polar surface area (TPSA) is 113 Å². The number of quaternary nitrogens is 1. The van der Waals surface area contributed by atoms with Crippen LogP contribution in [0.3, 0.4) is 0 Å². The molecule has 10 heteroatoms. The molecule has 0 saturated carbocycles. The van der Waals surface area contributed by atoms with Gasteiger partial charge in [0, 0.05) is 35.6 Å². The van der Waals surface area contributed by atoms with Crippen LogP contribution in [0.15, 0.2) is 10.6 Å². The summed E-state index contributed by atoms with van der Waals surface area (Å²) in [7, 11) is 6.46. The number of hydrogen-bond donors (Lipinski definition) is 2. The number of thioether (sulfide) groups is 1. The number of aliphatic carboxylic acids is 1. The Morgan fingerprint density at radius 3 is 2.56 bits per heavy atom. The number of fused-ring (bicyclic) bond motifs is 1. The lowest BCUT2D eigenvalue weighted by molar-refractivity contribution is -0.893. The summed E-state index contributed by atoms with van der Waals surface area (Å²) in [5.74, 6) is -2.38. The normalized spacial score (nSPS) is 35.9. The molecule has 7 atom stereocenters. The van der Waals surface area contributed by atoms with Gasteiger partial charge in [-0.15, -0.1) is 11.8 Å². The lowest BCUT2D eigenvalue weighted by Crippen LogP contribution is -2.64. The largest absolute Gasteiger partial charge is 0.543 e. The van der Waals surface area contributed by atoms with E-state index in [1.807, 2.05) is 11.8 Å². The molecule has 9 nitrogen and oxygen atoms in total. The first-order valence-corrected chi connectivity index (χ1v) is 12.3. The first kappa shape index (κ1) is 23.5. The van der Waals surface area contributed by atoms with Crippen molar-refractivity contribution in [2.75, 3.05) is 40.8 Å². The zero-order valence-corrected chi connectivity index (χ0v) is 20.2. The molecule has 2 N–H and O–H groups in total. The summed E-state index contributed by atoms with van der Waals surface area (Å²) in [6, 6.07) is -0.183. The maximum Gasteiger partial charge on any atom is 0.239 e. The molecule has 2 amide bonds. The molecular weight excluding hydrogens is 432 g/mol. The minimum atomic E-state index is -1.36. The molecule has 0 radical (unpaired) electrons. The zero-order chi connectivity index (χ0) is 23.5. The molecule has 3 saturated heterocycles. The van der Waals surface area contributed by atoms with Crippen LogP contribution in [0.1, 0.15) is 26.7 Å². The minimum Gasteiger partial charge on any atom is -0.543 e. The summed E-state index contributed by atoms with van der Waals surface area (Å²) in [5, 5.41) is 25.2. The number of aliphatic hydroxyl groups is 1. The van der Waals surface area contributed by atoms with Crippen molar-refractivity contribution in [2.45, 2.75) is 56.2 Å². The molecule has 4 aliphatic rings. The predicted molar refractivity (Wildman–Crippen MR) is 118 cm³/mol. The summed E-state index contributed by atoms with van der Waals surface area (Å²) in [6.07, 6.45) is 0.781. The van der Waals surface area contributed by atoms with Crippen LogP contribution >= 0.6 is 11.8 Å². The Labute approximate surface area is 193 Å². The Bertz CT molecular complexity index is 854. The van der Waals surface area contributed by atoms with Crippen molar-refractivity contribution in [3.05, 3.63) is 10.6 Å². The van der Waals surface area contributed by atoms with Gasteiger partial charge < -0.3 is 34.6 Å².